The zero-order valence-electron chi connectivity index (χ0n) is 25.3. The molecule has 0 saturated heterocycles. The summed E-state index contributed by atoms with van der Waals surface area (Å²) in [7, 11) is 2.08. The summed E-state index contributed by atoms with van der Waals surface area (Å²) in [5, 5.41) is 0. The minimum Gasteiger partial charge on any atom is -0.460 e. The molecule has 0 spiro atoms. The fourth-order valence-electron chi connectivity index (χ4n) is 3.08. The molecule has 1 heterocycles. The van der Waals surface area contributed by atoms with Crippen LogP contribution in [0.5, 0.6) is 0 Å². The van der Waals surface area contributed by atoms with Gasteiger partial charge in [-0.15, -0.1) is 0 Å². The molecule has 0 fully saturated rings. The van der Waals surface area contributed by atoms with Crippen LogP contribution in [0.25, 0.3) is 0 Å². The Morgan fingerprint density at radius 2 is 0.808 bits per heavy atom. The maximum absolute atomic E-state index is 13.6. The minimum atomic E-state index is -8.69. The van der Waals surface area contributed by atoms with Gasteiger partial charge in [-0.1, -0.05) is 13.3 Å². The lowest BCUT2D eigenvalue weighted by Crippen LogP contribution is -2.68. The maximum Gasteiger partial charge on any atom is 0.547 e. The minimum absolute atomic E-state index is 1.16. The smallest absolute Gasteiger partial charge is 0.460 e. The van der Waals surface area contributed by atoms with Gasteiger partial charge in [-0.05, 0) is 6.42 Å². The molecule has 0 N–H and O–H groups in total. The first-order valence-corrected chi connectivity index (χ1v) is 13.0. The summed E-state index contributed by atoms with van der Waals surface area (Å²) >= 11 is 0. The van der Waals surface area contributed by atoms with Crippen molar-refractivity contribution >= 4 is 6.96 Å². The average molecular weight is 832 g/mol. The van der Waals surface area contributed by atoms with E-state index in [0.29, 0.717) is 0 Å². The second-order valence-electron chi connectivity index (χ2n) is 9.92. The first-order chi connectivity index (χ1) is 22.7. The third-order valence-corrected chi connectivity index (χ3v) is 5.68. The molecule has 0 radical (unpaired) electrons. The Balaban J connectivity index is 0.00000199. The molecule has 0 amide bonds. The Hall–Kier alpha value is -2.57. The molecule has 0 aliphatic rings. The molecule has 4 atom stereocenters. The van der Waals surface area contributed by atoms with E-state index in [0.717, 1.165) is 6.54 Å². The summed E-state index contributed by atoms with van der Waals surface area (Å²) in [5.74, 6) is 1.33. The number of imidazole rings is 1. The lowest BCUT2D eigenvalue weighted by atomic mass is 10.0. The van der Waals surface area contributed by atoms with E-state index in [-0.39, 0.29) is 0 Å². The fourth-order valence-corrected chi connectivity index (χ4v) is 3.08. The van der Waals surface area contributed by atoms with E-state index in [1.807, 2.05) is 18.6 Å². The van der Waals surface area contributed by atoms with Gasteiger partial charge in [0.25, 0.3) is 30.5 Å². The number of aryl methyl sites for hydroxylation is 2. The number of alkyl halides is 24. The molecule has 6 nitrogen and oxygen atoms in total. The highest BCUT2D eigenvalue weighted by atomic mass is 19.4. The van der Waals surface area contributed by atoms with Gasteiger partial charge in [-0.25, -0.2) is 26.7 Å². The number of nitrogens with zero attached hydrogens (tertiary/aromatic N) is 2. The number of halogens is 24. The molecular weight excluding hydrogens is 811 g/mol. The van der Waals surface area contributed by atoms with E-state index in [9.17, 15) is 105 Å². The topological polar surface area (TPSA) is 45.7 Å². The van der Waals surface area contributed by atoms with E-state index in [4.69, 9.17) is 0 Å². The van der Waals surface area contributed by atoms with Crippen molar-refractivity contribution in [1.29, 1.82) is 0 Å². The van der Waals surface area contributed by atoms with Crippen LogP contribution in [-0.2, 0) is 32.2 Å². The summed E-state index contributed by atoms with van der Waals surface area (Å²) in [6.45, 7) is -3.16. The lowest BCUT2D eigenvalue weighted by Gasteiger charge is -2.49. The zero-order chi connectivity index (χ0) is 41.9. The molecule has 4 unspecified atom stereocenters. The third kappa shape index (κ3) is 13.7. The largest absolute Gasteiger partial charge is 0.547 e. The van der Waals surface area contributed by atoms with Crippen LogP contribution in [0, 0.1) is 6.92 Å². The molecule has 310 valence electrons. The summed E-state index contributed by atoms with van der Waals surface area (Å²) in [5.41, 5.74) is 0. The van der Waals surface area contributed by atoms with Gasteiger partial charge in [0.05, 0.1) is 13.6 Å². The summed E-state index contributed by atoms with van der Waals surface area (Å²) in [6.07, 6.45) is -78.0. The SMILES string of the molecule is CCCCn1cc[n+](C)c1C.FC(C(F)(F)F)C(F)(F)O[B-](OC(F)(F)C(F)C(F)(F)F)(OC(F)(F)C(F)C(F)(F)F)OC(F)(F)C(F)C(F)(F)F. The quantitative estimate of drug-likeness (QED) is 0.101. The first-order valence-electron chi connectivity index (χ1n) is 13.0. The molecule has 31 heteroatoms. The van der Waals surface area contributed by atoms with E-state index >= 15 is 0 Å². The van der Waals surface area contributed by atoms with Crippen LogP contribution in [0.1, 0.15) is 25.6 Å². The van der Waals surface area contributed by atoms with Crippen molar-refractivity contribution in [1.82, 2.24) is 4.57 Å². The van der Waals surface area contributed by atoms with Crippen LogP contribution in [0.2, 0.25) is 0 Å². The number of hydrogen-bond acceptors (Lipinski definition) is 4. The molecule has 0 aromatic carbocycles. The van der Waals surface area contributed by atoms with Gasteiger partial charge >= 0.3 is 56.1 Å². The van der Waals surface area contributed by atoms with Crippen molar-refractivity contribution in [3.8, 4) is 0 Å². The van der Waals surface area contributed by atoms with E-state index in [1.54, 1.807) is 0 Å². The molecule has 1 aromatic heterocycles. The van der Waals surface area contributed by atoms with Gasteiger partial charge in [-0.3, -0.25) is 0 Å². The van der Waals surface area contributed by atoms with Crippen molar-refractivity contribution in [2.45, 2.75) is 107 Å². The van der Waals surface area contributed by atoms with E-state index < -0.39 is 80.8 Å². The van der Waals surface area contributed by atoms with Crippen LogP contribution in [0.4, 0.5) is 105 Å². The summed E-state index contributed by atoms with van der Waals surface area (Å²) in [4.78, 5) is 0. The number of unbranched alkanes of at least 4 members (excludes halogenated alkanes) is 1. The molecule has 52 heavy (non-hydrogen) atoms. The van der Waals surface area contributed by atoms with Crippen LogP contribution >= 0.6 is 0 Å². The van der Waals surface area contributed by atoms with Crippen molar-refractivity contribution in [2.75, 3.05) is 0 Å². The Morgan fingerprint density at radius 3 is 0.981 bits per heavy atom. The molecule has 1 rings (SSSR count). The van der Waals surface area contributed by atoms with Crippen LogP contribution < -0.4 is 4.57 Å². The Kier molecular flexibility index (Phi) is 15.6. The number of hydrogen-bond donors (Lipinski definition) is 0. The highest BCUT2D eigenvalue weighted by Crippen LogP contribution is 2.48. The van der Waals surface area contributed by atoms with Crippen molar-refractivity contribution in [2.24, 2.45) is 7.05 Å². The second-order valence-corrected chi connectivity index (χ2v) is 9.92. The third-order valence-electron chi connectivity index (χ3n) is 5.68. The van der Waals surface area contributed by atoms with Gasteiger partial charge in [0.1, 0.15) is 12.4 Å². The van der Waals surface area contributed by atoms with Gasteiger partial charge < -0.3 is 18.6 Å². The predicted molar refractivity (Wildman–Crippen MR) is 119 cm³/mol. The second kappa shape index (κ2) is 16.4. The highest BCUT2D eigenvalue weighted by molar-refractivity contribution is 6.54. The molecule has 0 saturated carbocycles. The predicted octanol–water partition coefficient (Wildman–Crippen LogP) is 8.88. The van der Waals surface area contributed by atoms with E-state index in [1.165, 1.54) is 18.7 Å². The van der Waals surface area contributed by atoms with Gasteiger partial charge in [0, 0.05) is 6.92 Å². The molecule has 1 aromatic rings. The summed E-state index contributed by atoms with van der Waals surface area (Å²) in [6, 6.07) is 0. The zero-order valence-corrected chi connectivity index (χ0v) is 25.3. The van der Waals surface area contributed by atoms with Crippen molar-refractivity contribution < 1.29 is 129 Å². The Bertz CT molecular complexity index is 1120. The average Bonchev–Trinajstić information content (AvgIpc) is 3.23. The summed E-state index contributed by atoms with van der Waals surface area (Å²) < 4.78 is 320. The van der Waals surface area contributed by atoms with Gasteiger partial charge in [-0.2, -0.15) is 87.8 Å². The Labute approximate surface area is 273 Å². The van der Waals surface area contributed by atoms with Crippen molar-refractivity contribution in [3.05, 3.63) is 18.2 Å². The lowest BCUT2D eigenvalue weighted by molar-refractivity contribution is -0.677. The standard InChI is InChI=1S/C12H4BF24O4.C9H17N2/c14-1(5(18,19)20)9(30,31)38-13(39-10(32,33)2(15)6(21,22)23,40-11(34,35)3(16)7(24,25)26)41-12(36,37)4(17)8(27,28)29;1-4-5-6-11-8-7-10(3)9(11)2/h1-4H;7-8H,4-6H2,1-3H3/q-1;+1. The Morgan fingerprint density at radius 1 is 0.558 bits per heavy atom. The van der Waals surface area contributed by atoms with Crippen LogP contribution in [0.3, 0.4) is 0 Å². The fraction of sp³-hybridized carbons (Fsp3) is 0.857. The first kappa shape index (κ1) is 49.4. The van der Waals surface area contributed by atoms with Crippen LogP contribution in [-0.4, -0.2) is 85.4 Å². The molecular formula is C21H21BF24N2O4. The van der Waals surface area contributed by atoms with E-state index in [2.05, 4.69) is 42.4 Å². The maximum atomic E-state index is 13.6. The van der Waals surface area contributed by atoms with Gasteiger partial charge in [0.2, 0.25) is 0 Å². The number of rotatable bonds is 15. The van der Waals surface area contributed by atoms with Gasteiger partial charge in [0.15, 0.2) is 0 Å². The highest BCUT2D eigenvalue weighted by Gasteiger charge is 2.71. The normalized spacial score (nSPS) is 17.9. The molecule has 0 aliphatic carbocycles. The van der Waals surface area contributed by atoms with Crippen LogP contribution in [0.15, 0.2) is 12.4 Å². The molecule has 0 bridgehead atoms. The molecule has 0 aliphatic heterocycles. The van der Waals surface area contributed by atoms with Crippen molar-refractivity contribution in [3.63, 3.8) is 0 Å². The number of aromatic nitrogens is 2. The monoisotopic (exact) mass is 832 g/mol.